The average Bonchev–Trinajstić information content (AvgIpc) is 3.87. The summed E-state index contributed by atoms with van der Waals surface area (Å²) in [6.07, 6.45) is 1.30. The SMILES string of the molecule is COc1ccc(C(N)(c2ccccc2)c2cccc(C(CC#N)OP(OC[C@]3(CC[O-])CC[C@H](n4cnc5c(=O)[nH]c(NC(=O)C(C)C)nc54)O3)N(C(C)C)C(C)C)c2)cc1. The summed E-state index contributed by atoms with van der Waals surface area (Å²) in [5.74, 6) is 0.0889. The maximum atomic E-state index is 12.9. The smallest absolute Gasteiger partial charge is 0.280 e. The molecule has 61 heavy (non-hydrogen) atoms. The number of aromatic amines is 1. The number of hydrogen-bond acceptors (Lipinski definition) is 12. The average molecular weight is 852 g/mol. The lowest BCUT2D eigenvalue weighted by Gasteiger charge is -2.39. The van der Waals surface area contributed by atoms with Gasteiger partial charge in [-0.3, -0.25) is 24.5 Å². The highest BCUT2D eigenvalue weighted by molar-refractivity contribution is 7.44. The van der Waals surface area contributed by atoms with Crippen LogP contribution in [-0.4, -0.2) is 68.1 Å². The highest BCUT2D eigenvalue weighted by Gasteiger charge is 2.43. The minimum Gasteiger partial charge on any atom is -0.854 e. The molecule has 0 saturated carbocycles. The third-order valence-corrected chi connectivity index (χ3v) is 13.1. The van der Waals surface area contributed by atoms with Crippen molar-refractivity contribution in [3.8, 4) is 11.8 Å². The second-order valence-electron chi connectivity index (χ2n) is 16.2. The van der Waals surface area contributed by atoms with Gasteiger partial charge in [-0.2, -0.15) is 10.2 Å². The molecule has 6 rings (SSSR count). The molecule has 5 aromatic rings. The van der Waals surface area contributed by atoms with Crippen LogP contribution in [0, 0.1) is 17.2 Å². The van der Waals surface area contributed by atoms with Gasteiger partial charge in [0, 0.05) is 18.0 Å². The largest absolute Gasteiger partial charge is 0.854 e. The van der Waals surface area contributed by atoms with Gasteiger partial charge in [0.15, 0.2) is 11.2 Å². The van der Waals surface area contributed by atoms with Gasteiger partial charge in [0.1, 0.15) is 18.1 Å². The van der Waals surface area contributed by atoms with E-state index in [0.29, 0.717) is 18.6 Å². The van der Waals surface area contributed by atoms with Gasteiger partial charge in [0.25, 0.3) is 14.1 Å². The summed E-state index contributed by atoms with van der Waals surface area (Å²) in [4.78, 5) is 36.8. The molecular weight excluding hydrogens is 796 g/mol. The fraction of sp³-hybridized carbons (Fsp3) is 0.444. The van der Waals surface area contributed by atoms with Crippen molar-refractivity contribution in [1.82, 2.24) is 24.2 Å². The monoisotopic (exact) mass is 851 g/mol. The Hall–Kier alpha value is -5.04. The fourth-order valence-corrected chi connectivity index (χ4v) is 9.56. The minimum absolute atomic E-state index is 0.00534. The zero-order valence-electron chi connectivity index (χ0n) is 35.8. The van der Waals surface area contributed by atoms with E-state index in [2.05, 4.69) is 58.7 Å². The highest BCUT2D eigenvalue weighted by atomic mass is 31.2. The van der Waals surface area contributed by atoms with Gasteiger partial charge in [0.05, 0.1) is 43.7 Å². The van der Waals surface area contributed by atoms with E-state index in [1.165, 1.54) is 6.33 Å². The second-order valence-corrected chi connectivity index (χ2v) is 17.6. The summed E-state index contributed by atoms with van der Waals surface area (Å²) < 4.78 is 29.7. The van der Waals surface area contributed by atoms with Gasteiger partial charge in [0.2, 0.25) is 11.9 Å². The molecule has 0 aliphatic carbocycles. The lowest BCUT2D eigenvalue weighted by atomic mass is 9.77. The number of fused-ring (bicyclic) bond motifs is 1. The molecule has 3 heterocycles. The summed E-state index contributed by atoms with van der Waals surface area (Å²) in [5.41, 5.74) is 8.53. The molecular formula is C45H56N8O7P-. The first-order chi connectivity index (χ1) is 29.2. The van der Waals surface area contributed by atoms with Crippen molar-refractivity contribution in [2.75, 3.05) is 25.6 Å². The van der Waals surface area contributed by atoms with Crippen LogP contribution in [0.25, 0.3) is 11.2 Å². The van der Waals surface area contributed by atoms with E-state index in [1.807, 2.05) is 78.9 Å². The van der Waals surface area contributed by atoms with Crippen LogP contribution in [0.15, 0.2) is 90.0 Å². The molecule has 4 N–H and O–H groups in total. The van der Waals surface area contributed by atoms with E-state index in [9.17, 15) is 20.0 Å². The van der Waals surface area contributed by atoms with Crippen LogP contribution in [-0.2, 0) is 24.1 Å². The van der Waals surface area contributed by atoms with E-state index in [4.69, 9.17) is 24.3 Å². The molecule has 324 valence electrons. The molecule has 0 spiro atoms. The van der Waals surface area contributed by atoms with Gasteiger partial charge < -0.3 is 29.4 Å². The number of anilines is 1. The maximum absolute atomic E-state index is 12.9. The molecule has 1 amide bonds. The lowest BCUT2D eigenvalue weighted by Crippen LogP contribution is -2.40. The van der Waals surface area contributed by atoms with Crippen molar-refractivity contribution in [3.05, 3.63) is 118 Å². The Morgan fingerprint density at radius 2 is 1.77 bits per heavy atom. The first-order valence-corrected chi connectivity index (χ1v) is 21.7. The zero-order valence-corrected chi connectivity index (χ0v) is 36.7. The van der Waals surface area contributed by atoms with Crippen LogP contribution in [0.5, 0.6) is 5.75 Å². The highest BCUT2D eigenvalue weighted by Crippen LogP contribution is 2.52. The molecule has 3 unspecified atom stereocenters. The number of rotatable bonds is 19. The molecule has 16 heteroatoms. The number of imidazole rings is 1. The third kappa shape index (κ3) is 10.0. The van der Waals surface area contributed by atoms with Crippen molar-refractivity contribution >= 4 is 31.5 Å². The number of carbonyl (C=O) groups excluding carboxylic acids is 1. The summed E-state index contributed by atoms with van der Waals surface area (Å²) in [6, 6.07) is 27.7. The van der Waals surface area contributed by atoms with Crippen LogP contribution in [0.4, 0.5) is 5.95 Å². The number of benzene rings is 3. The van der Waals surface area contributed by atoms with E-state index in [0.717, 1.165) is 22.3 Å². The molecule has 1 fully saturated rings. The normalized spacial score (nSPS) is 18.7. The molecule has 5 atom stereocenters. The van der Waals surface area contributed by atoms with Crippen LogP contribution >= 0.6 is 8.53 Å². The summed E-state index contributed by atoms with van der Waals surface area (Å²) in [5, 5.41) is 25.2. The molecule has 15 nitrogen and oxygen atoms in total. The van der Waals surface area contributed by atoms with Crippen LogP contribution < -0.4 is 26.5 Å². The van der Waals surface area contributed by atoms with E-state index < -0.39 is 44.2 Å². The standard InChI is InChI=1S/C45H56N8O7P/c1-29(2)41(55)50-43-49-40-39(42(56)51-43)48-28-52(40)38-20-22-44(59-38,23-25-54)27-58-61(53(30(3)4)31(5)6)60-37(21-24-46)32-12-11-15-35(26-32)45(47,33-13-9-8-10-14-33)34-16-18-36(57-7)19-17-34/h8-19,26,28-31,37-38H,20-23,25,27,47H2,1-7H3,(H2,49,50,51,55,56)/q-1/t37?,38-,44-,45?,61?/m1/s1. The van der Waals surface area contributed by atoms with Gasteiger partial charge in [-0.15, -0.1) is 6.61 Å². The number of aromatic nitrogens is 4. The molecule has 0 bridgehead atoms. The number of nitrogens with two attached hydrogens (primary N) is 1. The minimum atomic E-state index is -1.84. The summed E-state index contributed by atoms with van der Waals surface area (Å²) in [7, 11) is -0.216. The number of nitrogens with zero attached hydrogens (tertiary/aromatic N) is 5. The Morgan fingerprint density at radius 3 is 2.41 bits per heavy atom. The van der Waals surface area contributed by atoms with Crippen molar-refractivity contribution in [3.63, 3.8) is 0 Å². The van der Waals surface area contributed by atoms with Crippen LogP contribution in [0.1, 0.15) is 102 Å². The molecule has 0 radical (unpaired) electrons. The van der Waals surface area contributed by atoms with Gasteiger partial charge in [-0.05, 0) is 81.3 Å². The van der Waals surface area contributed by atoms with E-state index in [-0.39, 0.29) is 60.5 Å². The lowest BCUT2D eigenvalue weighted by molar-refractivity contribution is -0.375. The Kier molecular flexibility index (Phi) is 14.7. The van der Waals surface area contributed by atoms with Gasteiger partial charge in [-0.25, -0.2) is 9.65 Å². The number of carbonyl (C=O) groups is 1. The quantitative estimate of drug-likeness (QED) is 0.0579. The van der Waals surface area contributed by atoms with Crippen molar-refractivity contribution in [1.29, 1.82) is 5.26 Å². The number of ether oxygens (including phenoxy) is 2. The Morgan fingerprint density at radius 1 is 1.08 bits per heavy atom. The first kappa shape index (κ1) is 45.5. The van der Waals surface area contributed by atoms with Crippen molar-refractivity contribution in [2.24, 2.45) is 11.7 Å². The van der Waals surface area contributed by atoms with E-state index >= 15 is 0 Å². The Balaban J connectivity index is 1.30. The zero-order chi connectivity index (χ0) is 43.9. The summed E-state index contributed by atoms with van der Waals surface area (Å²) in [6.45, 7) is 11.3. The number of nitrogens with one attached hydrogen (secondary N) is 2. The first-order valence-electron chi connectivity index (χ1n) is 20.6. The fourth-order valence-electron chi connectivity index (χ4n) is 7.74. The molecule has 1 aliphatic heterocycles. The van der Waals surface area contributed by atoms with E-state index in [1.54, 1.807) is 25.5 Å². The maximum Gasteiger partial charge on any atom is 0.280 e. The topological polar surface area (TPSA) is 206 Å². The Bertz CT molecular complexity index is 2340. The van der Waals surface area contributed by atoms with Crippen LogP contribution in [0.3, 0.4) is 0 Å². The van der Waals surface area contributed by atoms with Crippen LogP contribution in [0.2, 0.25) is 0 Å². The summed E-state index contributed by atoms with van der Waals surface area (Å²) >= 11 is 0. The predicted octanol–water partition coefficient (Wildman–Crippen LogP) is 6.81. The number of amides is 1. The number of nitriles is 1. The molecule has 3 aromatic carbocycles. The molecule has 1 aliphatic rings. The molecule has 2 aromatic heterocycles. The van der Waals surface area contributed by atoms with Gasteiger partial charge >= 0.3 is 0 Å². The predicted molar refractivity (Wildman–Crippen MR) is 232 cm³/mol. The molecule has 1 saturated heterocycles. The Labute approximate surface area is 358 Å². The second kappa shape index (κ2) is 19.8. The number of hydrogen-bond donors (Lipinski definition) is 3. The third-order valence-electron chi connectivity index (χ3n) is 11.0. The number of methoxy groups -OCH3 is 1. The number of H-pyrrole nitrogens is 1. The van der Waals surface area contributed by atoms with Gasteiger partial charge in [-0.1, -0.05) is 80.6 Å². The van der Waals surface area contributed by atoms with Crippen molar-refractivity contribution < 1.29 is 28.4 Å². The van der Waals surface area contributed by atoms with Crippen molar-refractivity contribution in [2.45, 2.75) is 103 Å².